The molecule has 1 aromatic carbocycles. The third-order valence-electron chi connectivity index (χ3n) is 3.97. The van der Waals surface area contributed by atoms with Crippen LogP contribution in [-0.4, -0.2) is 38.3 Å². The molecule has 1 aromatic rings. The molecule has 0 unspecified atom stereocenters. The fourth-order valence-electron chi connectivity index (χ4n) is 2.80. The van der Waals surface area contributed by atoms with Gasteiger partial charge in [0.1, 0.15) is 5.75 Å². The molecule has 0 aromatic heterocycles. The Kier molecular flexibility index (Phi) is 2.81. The number of methoxy groups -OCH3 is 1. The highest BCUT2D eigenvalue weighted by molar-refractivity contribution is 5.35. The number of hydrogen-bond donors (Lipinski definition) is 0. The van der Waals surface area contributed by atoms with E-state index < -0.39 is 0 Å². The van der Waals surface area contributed by atoms with Crippen molar-refractivity contribution in [2.75, 3.05) is 33.4 Å². The molecule has 92 valence electrons. The van der Waals surface area contributed by atoms with Crippen LogP contribution in [0.3, 0.4) is 0 Å². The van der Waals surface area contributed by atoms with Gasteiger partial charge in [-0.15, -0.1) is 0 Å². The maximum atomic E-state index is 5.43. The number of benzene rings is 1. The summed E-state index contributed by atoms with van der Waals surface area (Å²) in [5.74, 6) is 0.937. The molecule has 1 aliphatic carbocycles. The zero-order valence-corrected chi connectivity index (χ0v) is 10.3. The van der Waals surface area contributed by atoms with Gasteiger partial charge in [-0.1, -0.05) is 12.1 Å². The predicted molar refractivity (Wildman–Crippen MR) is 66.3 cm³/mol. The summed E-state index contributed by atoms with van der Waals surface area (Å²) in [6.07, 6.45) is 2.55. The number of rotatable bonds is 3. The van der Waals surface area contributed by atoms with Crippen LogP contribution in [0.4, 0.5) is 0 Å². The molecule has 3 heteroatoms. The molecule has 1 heterocycles. The SMILES string of the molecule is COc1ccc(C2(N3CCOCC3)CC2)cc1. The second-order valence-corrected chi connectivity index (χ2v) is 4.86. The van der Waals surface area contributed by atoms with E-state index in [0.717, 1.165) is 32.1 Å². The Morgan fingerprint density at radius 2 is 1.76 bits per heavy atom. The minimum absolute atomic E-state index is 0.302. The van der Waals surface area contributed by atoms with Gasteiger partial charge in [0.2, 0.25) is 0 Å². The Bertz CT molecular complexity index is 378. The molecule has 2 aliphatic rings. The summed E-state index contributed by atoms with van der Waals surface area (Å²) in [6, 6.07) is 8.55. The van der Waals surface area contributed by atoms with Crippen LogP contribution in [0, 0.1) is 0 Å². The monoisotopic (exact) mass is 233 g/mol. The average molecular weight is 233 g/mol. The van der Waals surface area contributed by atoms with Crippen LogP contribution in [-0.2, 0) is 10.3 Å². The van der Waals surface area contributed by atoms with E-state index in [0.29, 0.717) is 5.54 Å². The Hall–Kier alpha value is -1.06. The van der Waals surface area contributed by atoms with Crippen LogP contribution in [0.5, 0.6) is 5.75 Å². The highest BCUT2D eigenvalue weighted by Gasteiger charge is 2.49. The first-order valence-electron chi connectivity index (χ1n) is 6.32. The minimum Gasteiger partial charge on any atom is -0.497 e. The lowest BCUT2D eigenvalue weighted by molar-refractivity contribution is 0.00834. The molecular formula is C14H19NO2. The van der Waals surface area contributed by atoms with Gasteiger partial charge in [0.15, 0.2) is 0 Å². The van der Waals surface area contributed by atoms with E-state index in [1.54, 1.807) is 7.11 Å². The van der Waals surface area contributed by atoms with E-state index in [9.17, 15) is 0 Å². The maximum absolute atomic E-state index is 5.43. The highest BCUT2D eigenvalue weighted by Crippen LogP contribution is 2.51. The van der Waals surface area contributed by atoms with Crippen molar-refractivity contribution < 1.29 is 9.47 Å². The third-order valence-corrected chi connectivity index (χ3v) is 3.97. The van der Waals surface area contributed by atoms with Crippen LogP contribution in [0.15, 0.2) is 24.3 Å². The number of morpholine rings is 1. The van der Waals surface area contributed by atoms with Crippen LogP contribution in [0.1, 0.15) is 18.4 Å². The molecule has 1 saturated heterocycles. The van der Waals surface area contributed by atoms with Crippen molar-refractivity contribution in [1.82, 2.24) is 4.90 Å². The van der Waals surface area contributed by atoms with Crippen LogP contribution in [0.25, 0.3) is 0 Å². The van der Waals surface area contributed by atoms with Gasteiger partial charge in [-0.25, -0.2) is 0 Å². The Balaban J connectivity index is 1.81. The fourth-order valence-corrected chi connectivity index (χ4v) is 2.80. The minimum atomic E-state index is 0.302. The van der Waals surface area contributed by atoms with Crippen molar-refractivity contribution in [2.24, 2.45) is 0 Å². The van der Waals surface area contributed by atoms with Gasteiger partial charge < -0.3 is 9.47 Å². The van der Waals surface area contributed by atoms with E-state index in [-0.39, 0.29) is 0 Å². The van der Waals surface area contributed by atoms with E-state index in [1.807, 2.05) is 0 Å². The van der Waals surface area contributed by atoms with Gasteiger partial charge in [0.25, 0.3) is 0 Å². The first-order valence-corrected chi connectivity index (χ1v) is 6.32. The molecule has 3 nitrogen and oxygen atoms in total. The maximum Gasteiger partial charge on any atom is 0.118 e. The molecule has 3 rings (SSSR count). The summed E-state index contributed by atoms with van der Waals surface area (Å²) in [5.41, 5.74) is 1.73. The second-order valence-electron chi connectivity index (χ2n) is 4.86. The molecule has 0 amide bonds. The zero-order chi connectivity index (χ0) is 11.7. The molecule has 0 spiro atoms. The Morgan fingerprint density at radius 1 is 1.12 bits per heavy atom. The van der Waals surface area contributed by atoms with Crippen molar-refractivity contribution in [2.45, 2.75) is 18.4 Å². The highest BCUT2D eigenvalue weighted by atomic mass is 16.5. The van der Waals surface area contributed by atoms with Gasteiger partial charge in [0, 0.05) is 18.6 Å². The standard InChI is InChI=1S/C14H19NO2/c1-16-13-4-2-12(3-5-13)14(6-7-14)15-8-10-17-11-9-15/h2-5H,6-11H2,1H3. The van der Waals surface area contributed by atoms with Gasteiger partial charge in [0.05, 0.1) is 20.3 Å². The van der Waals surface area contributed by atoms with Crippen molar-refractivity contribution in [1.29, 1.82) is 0 Å². The molecule has 0 N–H and O–H groups in total. The molecule has 0 radical (unpaired) electrons. The van der Waals surface area contributed by atoms with Crippen molar-refractivity contribution in [3.8, 4) is 5.75 Å². The molecule has 17 heavy (non-hydrogen) atoms. The van der Waals surface area contributed by atoms with Crippen molar-refractivity contribution >= 4 is 0 Å². The number of nitrogens with zero attached hydrogens (tertiary/aromatic N) is 1. The van der Waals surface area contributed by atoms with Gasteiger partial charge in [-0.3, -0.25) is 4.90 Å². The summed E-state index contributed by atoms with van der Waals surface area (Å²) in [5, 5.41) is 0. The molecule has 0 bridgehead atoms. The van der Waals surface area contributed by atoms with E-state index >= 15 is 0 Å². The summed E-state index contributed by atoms with van der Waals surface area (Å²) in [6.45, 7) is 3.87. The number of ether oxygens (including phenoxy) is 2. The molecular weight excluding hydrogens is 214 g/mol. The van der Waals surface area contributed by atoms with Crippen LogP contribution >= 0.6 is 0 Å². The second kappa shape index (κ2) is 4.31. The smallest absolute Gasteiger partial charge is 0.118 e. The van der Waals surface area contributed by atoms with E-state index in [4.69, 9.17) is 9.47 Å². The summed E-state index contributed by atoms with van der Waals surface area (Å²) < 4.78 is 10.6. The van der Waals surface area contributed by atoms with E-state index in [1.165, 1.54) is 18.4 Å². The summed E-state index contributed by atoms with van der Waals surface area (Å²) in [4.78, 5) is 2.58. The lowest BCUT2D eigenvalue weighted by Gasteiger charge is -2.35. The molecule has 1 aliphatic heterocycles. The zero-order valence-electron chi connectivity index (χ0n) is 10.3. The first-order chi connectivity index (χ1) is 8.35. The predicted octanol–water partition coefficient (Wildman–Crippen LogP) is 2.02. The summed E-state index contributed by atoms with van der Waals surface area (Å²) in [7, 11) is 1.71. The lowest BCUT2D eigenvalue weighted by atomic mass is 10.0. The molecule has 2 fully saturated rings. The van der Waals surface area contributed by atoms with Gasteiger partial charge in [-0.2, -0.15) is 0 Å². The van der Waals surface area contributed by atoms with Crippen molar-refractivity contribution in [3.05, 3.63) is 29.8 Å². The first kappa shape index (κ1) is 11.1. The fraction of sp³-hybridized carbons (Fsp3) is 0.571. The van der Waals surface area contributed by atoms with Crippen LogP contribution in [0.2, 0.25) is 0 Å². The molecule has 1 saturated carbocycles. The van der Waals surface area contributed by atoms with Crippen molar-refractivity contribution in [3.63, 3.8) is 0 Å². The van der Waals surface area contributed by atoms with Gasteiger partial charge in [-0.05, 0) is 30.5 Å². The largest absolute Gasteiger partial charge is 0.497 e. The Morgan fingerprint density at radius 3 is 2.29 bits per heavy atom. The summed E-state index contributed by atoms with van der Waals surface area (Å²) >= 11 is 0. The van der Waals surface area contributed by atoms with E-state index in [2.05, 4.69) is 29.2 Å². The molecule has 0 atom stereocenters. The third kappa shape index (κ3) is 1.94. The average Bonchev–Trinajstić information content (AvgIpc) is 3.21. The normalized spacial score (nSPS) is 23.4. The Labute approximate surface area is 102 Å². The lowest BCUT2D eigenvalue weighted by Crippen LogP contribution is -2.43. The van der Waals surface area contributed by atoms with Gasteiger partial charge >= 0.3 is 0 Å². The topological polar surface area (TPSA) is 21.7 Å². The number of hydrogen-bond acceptors (Lipinski definition) is 3. The quantitative estimate of drug-likeness (QED) is 0.797. The van der Waals surface area contributed by atoms with Crippen LogP contribution < -0.4 is 4.74 Å².